The molecule has 0 saturated carbocycles. The molecule has 0 aliphatic carbocycles. The number of unbranched alkanes of at least 4 members (excludes halogenated alkanes) is 1. The molecule has 1 heterocycles. The fraction of sp³-hybridized carbons (Fsp3) is 0.611. The van der Waals surface area contributed by atoms with E-state index in [2.05, 4.69) is 25.2 Å². The van der Waals surface area contributed by atoms with Gasteiger partial charge in [-0.25, -0.2) is 0 Å². The molecule has 0 atom stereocenters. The van der Waals surface area contributed by atoms with E-state index >= 15 is 0 Å². The van der Waals surface area contributed by atoms with Crippen molar-refractivity contribution in [3.05, 3.63) is 23.8 Å². The minimum Gasteiger partial charge on any atom is -0.454 e. The Morgan fingerprint density at radius 1 is 1.18 bits per heavy atom. The fourth-order valence-electron chi connectivity index (χ4n) is 2.12. The van der Waals surface area contributed by atoms with Crippen LogP contribution in [0.2, 0.25) is 0 Å². The van der Waals surface area contributed by atoms with E-state index in [1.807, 2.05) is 26.0 Å². The number of carbonyl (C=O) groups excluding carboxylic acids is 1. The maximum atomic E-state index is 11.6. The smallest absolute Gasteiger partial charge is 0.231 e. The van der Waals surface area contributed by atoms with Gasteiger partial charge in [-0.3, -0.25) is 4.79 Å². The van der Waals surface area contributed by atoms with Gasteiger partial charge in [-0.2, -0.15) is 0 Å². The third-order valence-electron chi connectivity index (χ3n) is 3.26. The zero-order valence-corrected chi connectivity index (χ0v) is 14.3. The van der Waals surface area contributed by atoms with Gasteiger partial charge in [-0.15, -0.1) is 0 Å². The van der Waals surface area contributed by atoms with Crippen molar-refractivity contribution in [1.82, 2.24) is 5.32 Å². The number of nitrogens with one attached hydrogen (secondary N) is 1. The summed E-state index contributed by atoms with van der Waals surface area (Å²) in [6.07, 6.45) is 3.50. The lowest BCUT2D eigenvalue weighted by molar-refractivity contribution is -0.121. The average Bonchev–Trinajstić information content (AvgIpc) is 2.99. The molecule has 22 heavy (non-hydrogen) atoms. The summed E-state index contributed by atoms with van der Waals surface area (Å²) in [6, 6.07) is 6.04. The lowest BCUT2D eigenvalue weighted by atomic mass is 10.1. The Morgan fingerprint density at radius 2 is 1.91 bits per heavy atom. The topological polar surface area (TPSA) is 47.6 Å². The predicted octanol–water partition coefficient (Wildman–Crippen LogP) is 3.93. The van der Waals surface area contributed by atoms with E-state index in [9.17, 15) is 4.79 Å². The highest BCUT2D eigenvalue weighted by Crippen LogP contribution is 2.32. The molecule has 4 nitrogen and oxygen atoms in total. The van der Waals surface area contributed by atoms with E-state index in [4.69, 9.17) is 9.47 Å². The van der Waals surface area contributed by atoms with Gasteiger partial charge in [0.2, 0.25) is 12.7 Å². The Hall–Kier alpha value is -1.71. The zero-order chi connectivity index (χ0) is 16.4. The first-order chi connectivity index (χ1) is 10.6. The van der Waals surface area contributed by atoms with E-state index < -0.39 is 0 Å². The maximum absolute atomic E-state index is 11.6. The molecule has 0 aromatic heterocycles. The van der Waals surface area contributed by atoms with Crippen LogP contribution < -0.4 is 14.8 Å². The summed E-state index contributed by atoms with van der Waals surface area (Å²) >= 11 is 0. The van der Waals surface area contributed by atoms with Crippen molar-refractivity contribution in [1.29, 1.82) is 0 Å². The van der Waals surface area contributed by atoms with E-state index in [1.165, 1.54) is 5.56 Å². The van der Waals surface area contributed by atoms with Gasteiger partial charge in [-0.1, -0.05) is 33.8 Å². The van der Waals surface area contributed by atoms with Gasteiger partial charge in [0.1, 0.15) is 0 Å². The van der Waals surface area contributed by atoms with Crippen molar-refractivity contribution < 1.29 is 14.3 Å². The maximum Gasteiger partial charge on any atom is 0.231 e. The van der Waals surface area contributed by atoms with Gasteiger partial charge < -0.3 is 14.8 Å². The summed E-state index contributed by atoms with van der Waals surface area (Å²) in [5.41, 5.74) is 1.23. The van der Waals surface area contributed by atoms with Crippen LogP contribution in [-0.4, -0.2) is 19.2 Å². The molecule has 1 amide bonds. The molecule has 0 bridgehead atoms. The number of rotatable bonds is 7. The molecule has 1 aliphatic heterocycles. The molecule has 2 rings (SSSR count). The Bertz CT molecular complexity index is 458. The third kappa shape index (κ3) is 6.37. The molecule has 124 valence electrons. The van der Waals surface area contributed by atoms with Crippen molar-refractivity contribution in [2.45, 2.75) is 53.4 Å². The monoisotopic (exact) mass is 307 g/mol. The summed E-state index contributed by atoms with van der Waals surface area (Å²) in [6.45, 7) is 9.27. The number of hydrogen-bond donors (Lipinski definition) is 1. The van der Waals surface area contributed by atoms with Gasteiger partial charge >= 0.3 is 0 Å². The predicted molar refractivity (Wildman–Crippen MR) is 89.3 cm³/mol. The Balaban J connectivity index is 0.00000116. The summed E-state index contributed by atoms with van der Waals surface area (Å²) < 4.78 is 10.6. The highest BCUT2D eigenvalue weighted by atomic mass is 16.7. The van der Waals surface area contributed by atoms with Crippen LogP contribution >= 0.6 is 0 Å². The summed E-state index contributed by atoms with van der Waals surface area (Å²) in [7, 11) is 0. The first-order valence-corrected chi connectivity index (χ1v) is 8.30. The molecule has 1 aromatic rings. The molecule has 0 radical (unpaired) electrons. The number of hydrogen-bond acceptors (Lipinski definition) is 3. The van der Waals surface area contributed by atoms with Crippen LogP contribution in [0.25, 0.3) is 0 Å². The lowest BCUT2D eigenvalue weighted by Gasteiger charge is -2.07. The standard InChI is InChI=1S/C16H23NO3.C2H6/c1-12(2)10-17-16(18)6-4-3-5-13-7-8-14-15(9-13)20-11-19-14;1-2/h7-9,12H,3-6,10-11H2,1-2H3,(H,17,18);1-2H3. The molecule has 0 saturated heterocycles. The minimum atomic E-state index is 0.157. The van der Waals surface area contributed by atoms with Crippen LogP contribution in [0.1, 0.15) is 52.5 Å². The Kier molecular flexibility index (Phi) is 8.41. The van der Waals surface area contributed by atoms with E-state index in [1.54, 1.807) is 0 Å². The average molecular weight is 307 g/mol. The van der Waals surface area contributed by atoms with Gasteiger partial charge in [0.05, 0.1) is 0 Å². The first-order valence-electron chi connectivity index (χ1n) is 8.30. The van der Waals surface area contributed by atoms with Crippen molar-refractivity contribution in [3.63, 3.8) is 0 Å². The first kappa shape index (κ1) is 18.3. The number of carbonyl (C=O) groups is 1. The molecule has 1 aliphatic rings. The second-order valence-corrected chi connectivity index (χ2v) is 5.59. The molecule has 4 heteroatoms. The van der Waals surface area contributed by atoms with Crippen molar-refractivity contribution >= 4 is 5.91 Å². The highest BCUT2D eigenvalue weighted by molar-refractivity contribution is 5.75. The second kappa shape index (κ2) is 10.1. The van der Waals surface area contributed by atoms with Gasteiger partial charge in [-0.05, 0) is 42.9 Å². The molecule has 1 aromatic carbocycles. The van der Waals surface area contributed by atoms with Gasteiger partial charge in [0, 0.05) is 13.0 Å². The molecular formula is C18H29NO3. The zero-order valence-electron chi connectivity index (χ0n) is 14.3. The summed E-state index contributed by atoms with van der Waals surface area (Å²) in [5, 5.41) is 2.94. The van der Waals surface area contributed by atoms with E-state index in [0.29, 0.717) is 19.1 Å². The van der Waals surface area contributed by atoms with Crippen LogP contribution in [0.15, 0.2) is 18.2 Å². The quantitative estimate of drug-likeness (QED) is 0.777. The van der Waals surface area contributed by atoms with E-state index in [-0.39, 0.29) is 5.91 Å². The number of fused-ring (bicyclic) bond motifs is 1. The number of amides is 1. The van der Waals surface area contributed by atoms with Gasteiger partial charge in [0.15, 0.2) is 11.5 Å². The van der Waals surface area contributed by atoms with Crippen LogP contribution in [0.3, 0.4) is 0 Å². The van der Waals surface area contributed by atoms with E-state index in [0.717, 1.165) is 37.3 Å². The van der Waals surface area contributed by atoms with Crippen molar-refractivity contribution in [3.8, 4) is 11.5 Å². The number of benzene rings is 1. The molecule has 0 fully saturated rings. The normalized spacial score (nSPS) is 11.9. The van der Waals surface area contributed by atoms with Crippen LogP contribution in [0.4, 0.5) is 0 Å². The number of ether oxygens (including phenoxy) is 2. The second-order valence-electron chi connectivity index (χ2n) is 5.59. The Morgan fingerprint density at radius 3 is 2.64 bits per heavy atom. The fourth-order valence-corrected chi connectivity index (χ4v) is 2.12. The summed E-state index contributed by atoms with van der Waals surface area (Å²) in [4.78, 5) is 11.6. The summed E-state index contributed by atoms with van der Waals surface area (Å²) in [5.74, 6) is 2.32. The number of aryl methyl sites for hydroxylation is 1. The van der Waals surface area contributed by atoms with Crippen LogP contribution in [0, 0.1) is 5.92 Å². The molecule has 0 unspecified atom stereocenters. The van der Waals surface area contributed by atoms with Crippen molar-refractivity contribution in [2.24, 2.45) is 5.92 Å². The molecule has 1 N–H and O–H groups in total. The van der Waals surface area contributed by atoms with Gasteiger partial charge in [0.25, 0.3) is 0 Å². The molecule has 0 spiro atoms. The van der Waals surface area contributed by atoms with Crippen molar-refractivity contribution in [2.75, 3.05) is 13.3 Å². The minimum absolute atomic E-state index is 0.157. The van der Waals surface area contributed by atoms with Crippen LogP contribution in [0.5, 0.6) is 11.5 Å². The SMILES string of the molecule is CC.CC(C)CNC(=O)CCCCc1ccc2c(c1)OCO2. The third-order valence-corrected chi connectivity index (χ3v) is 3.26. The Labute approximate surface area is 134 Å². The highest BCUT2D eigenvalue weighted by Gasteiger charge is 2.12. The molecular weight excluding hydrogens is 278 g/mol. The lowest BCUT2D eigenvalue weighted by Crippen LogP contribution is -2.26. The van der Waals surface area contributed by atoms with Crippen LogP contribution in [-0.2, 0) is 11.2 Å². The largest absolute Gasteiger partial charge is 0.454 e.